The first-order valence-corrected chi connectivity index (χ1v) is 10.7. The van der Waals surface area contributed by atoms with Gasteiger partial charge >= 0.3 is 6.03 Å². The van der Waals surface area contributed by atoms with Crippen molar-refractivity contribution in [2.75, 3.05) is 25.5 Å². The summed E-state index contributed by atoms with van der Waals surface area (Å²) in [5.41, 5.74) is 0.646. The summed E-state index contributed by atoms with van der Waals surface area (Å²) in [6.45, 7) is 3.03. The van der Waals surface area contributed by atoms with Crippen molar-refractivity contribution in [3.05, 3.63) is 46.3 Å². The summed E-state index contributed by atoms with van der Waals surface area (Å²) in [4.78, 5) is 28.9. The van der Waals surface area contributed by atoms with Crippen LogP contribution in [0.2, 0.25) is 0 Å². The van der Waals surface area contributed by atoms with Crippen molar-refractivity contribution in [1.82, 2.24) is 19.6 Å². The number of urea groups is 1. The minimum atomic E-state index is -1.14. The van der Waals surface area contributed by atoms with E-state index in [9.17, 15) is 23.5 Å². The van der Waals surface area contributed by atoms with Gasteiger partial charge in [-0.2, -0.15) is 10.4 Å². The standard InChI is InChI=1S/C22H24F2N6O3/c1-3-18(31)12-9-28(2)21(32)20-14-11-29(7-6-16(14)27-30(20)10-12)22(33)26-17-5-4-15(23)13(8-25)19(17)24/h4-5,12,18,31H,3,6-7,9-11H2,1-2H3,(H,26,33). The Balaban J connectivity index is 1.59. The van der Waals surface area contributed by atoms with Gasteiger partial charge in [-0.1, -0.05) is 6.92 Å². The number of nitrogens with one attached hydrogen (secondary N) is 1. The summed E-state index contributed by atoms with van der Waals surface area (Å²) in [5.74, 6) is -2.55. The summed E-state index contributed by atoms with van der Waals surface area (Å²) in [5, 5.41) is 26.3. The lowest BCUT2D eigenvalue weighted by Crippen LogP contribution is -2.40. The maximum absolute atomic E-state index is 14.4. The Labute approximate surface area is 189 Å². The van der Waals surface area contributed by atoms with Crippen molar-refractivity contribution in [3.8, 4) is 6.07 Å². The van der Waals surface area contributed by atoms with E-state index < -0.39 is 29.3 Å². The second-order valence-corrected chi connectivity index (χ2v) is 8.37. The lowest BCUT2D eigenvalue weighted by molar-refractivity contribution is 0.0626. The number of hydrogen-bond donors (Lipinski definition) is 2. The van der Waals surface area contributed by atoms with Crippen molar-refractivity contribution in [2.24, 2.45) is 5.92 Å². The number of aliphatic hydroxyl groups is 1. The lowest BCUT2D eigenvalue weighted by Gasteiger charge is -2.28. The number of nitrogens with zero attached hydrogens (tertiary/aromatic N) is 5. The molecule has 2 aliphatic rings. The molecule has 0 fully saturated rings. The highest BCUT2D eigenvalue weighted by Gasteiger charge is 2.36. The first kappa shape index (κ1) is 22.7. The predicted octanol–water partition coefficient (Wildman–Crippen LogP) is 2.10. The number of benzene rings is 1. The molecular weight excluding hydrogens is 434 g/mol. The highest BCUT2D eigenvalue weighted by Crippen LogP contribution is 2.28. The number of hydrogen-bond acceptors (Lipinski definition) is 5. The lowest BCUT2D eigenvalue weighted by atomic mass is 10.0. The van der Waals surface area contributed by atoms with Crippen LogP contribution >= 0.6 is 0 Å². The summed E-state index contributed by atoms with van der Waals surface area (Å²) in [6, 6.07) is 2.78. The average Bonchev–Trinajstić information content (AvgIpc) is 3.10. The number of aliphatic hydroxyl groups excluding tert-OH is 1. The number of rotatable bonds is 3. The maximum atomic E-state index is 14.4. The summed E-state index contributed by atoms with van der Waals surface area (Å²) in [7, 11) is 1.67. The van der Waals surface area contributed by atoms with Crippen LogP contribution in [0.4, 0.5) is 19.3 Å². The largest absolute Gasteiger partial charge is 0.393 e. The highest BCUT2D eigenvalue weighted by atomic mass is 19.1. The van der Waals surface area contributed by atoms with Gasteiger partial charge in [-0.25, -0.2) is 13.6 Å². The molecule has 33 heavy (non-hydrogen) atoms. The fraction of sp³-hybridized carbons (Fsp3) is 0.455. The number of fused-ring (bicyclic) bond motifs is 3. The average molecular weight is 458 g/mol. The van der Waals surface area contributed by atoms with Gasteiger partial charge in [0.05, 0.1) is 24.0 Å². The Morgan fingerprint density at radius 1 is 1.39 bits per heavy atom. The SMILES string of the molecule is CCC(O)C1CN(C)C(=O)c2c3c(nn2C1)CCN(C(=O)Nc1ccc(F)c(C#N)c1F)C3. The van der Waals surface area contributed by atoms with Crippen LogP contribution in [-0.4, -0.2) is 62.9 Å². The summed E-state index contributed by atoms with van der Waals surface area (Å²) < 4.78 is 29.6. The molecule has 3 heterocycles. The van der Waals surface area contributed by atoms with Gasteiger partial charge in [-0.15, -0.1) is 0 Å². The first-order valence-electron chi connectivity index (χ1n) is 10.7. The number of amides is 3. The van der Waals surface area contributed by atoms with Gasteiger partial charge in [0.15, 0.2) is 5.82 Å². The molecule has 0 radical (unpaired) electrons. The second kappa shape index (κ2) is 8.78. The van der Waals surface area contributed by atoms with Gasteiger partial charge in [0.25, 0.3) is 5.91 Å². The predicted molar refractivity (Wildman–Crippen MR) is 113 cm³/mol. The molecule has 2 unspecified atom stereocenters. The molecule has 2 atom stereocenters. The molecule has 2 aliphatic heterocycles. The topological polar surface area (TPSA) is 114 Å². The molecular formula is C22H24F2N6O3. The van der Waals surface area contributed by atoms with Gasteiger partial charge < -0.3 is 20.2 Å². The molecule has 3 amide bonds. The quantitative estimate of drug-likeness (QED) is 0.731. The van der Waals surface area contributed by atoms with Gasteiger partial charge in [0.2, 0.25) is 0 Å². The van der Waals surface area contributed by atoms with E-state index in [2.05, 4.69) is 10.4 Å². The third-order valence-corrected chi connectivity index (χ3v) is 6.26. The Bertz CT molecular complexity index is 1160. The minimum Gasteiger partial charge on any atom is -0.393 e. The van der Waals surface area contributed by atoms with Crippen molar-refractivity contribution < 1.29 is 23.5 Å². The Kier molecular flexibility index (Phi) is 6.03. The van der Waals surface area contributed by atoms with Crippen LogP contribution in [0.25, 0.3) is 0 Å². The van der Waals surface area contributed by atoms with Crippen molar-refractivity contribution >= 4 is 17.6 Å². The van der Waals surface area contributed by atoms with E-state index in [4.69, 9.17) is 5.26 Å². The van der Waals surface area contributed by atoms with E-state index in [-0.39, 0.29) is 30.6 Å². The number of halogens is 2. The zero-order valence-corrected chi connectivity index (χ0v) is 18.3. The van der Waals surface area contributed by atoms with E-state index in [1.807, 2.05) is 6.92 Å². The van der Waals surface area contributed by atoms with Crippen LogP contribution in [0.1, 0.15) is 40.7 Å². The van der Waals surface area contributed by atoms with Crippen molar-refractivity contribution in [1.29, 1.82) is 5.26 Å². The van der Waals surface area contributed by atoms with E-state index in [0.29, 0.717) is 42.9 Å². The van der Waals surface area contributed by atoms with Crippen LogP contribution in [-0.2, 0) is 19.5 Å². The normalized spacial score (nSPS) is 18.8. The first-order chi connectivity index (χ1) is 15.7. The van der Waals surface area contributed by atoms with E-state index in [1.165, 1.54) is 11.0 Å². The molecule has 1 aromatic carbocycles. The summed E-state index contributed by atoms with van der Waals surface area (Å²) in [6.07, 6.45) is 0.388. The van der Waals surface area contributed by atoms with Crippen LogP contribution in [0.5, 0.6) is 0 Å². The molecule has 0 bridgehead atoms. The molecule has 2 aromatic rings. The van der Waals surface area contributed by atoms with Crippen LogP contribution < -0.4 is 5.32 Å². The third kappa shape index (κ3) is 4.02. The fourth-order valence-corrected chi connectivity index (χ4v) is 4.39. The molecule has 1 aromatic heterocycles. The van der Waals surface area contributed by atoms with Crippen LogP contribution in [0, 0.1) is 28.9 Å². The number of nitriles is 1. The Morgan fingerprint density at radius 2 is 2.15 bits per heavy atom. The Hall–Kier alpha value is -3.52. The molecule has 0 spiro atoms. The van der Waals surface area contributed by atoms with E-state index in [0.717, 1.165) is 12.1 Å². The zero-order valence-electron chi connectivity index (χ0n) is 18.3. The Morgan fingerprint density at radius 3 is 2.85 bits per heavy atom. The highest BCUT2D eigenvalue weighted by molar-refractivity contribution is 5.95. The summed E-state index contributed by atoms with van der Waals surface area (Å²) >= 11 is 0. The number of carbonyl (C=O) groups excluding carboxylic acids is 2. The van der Waals surface area contributed by atoms with Gasteiger partial charge in [-0.05, 0) is 18.6 Å². The molecule has 174 valence electrons. The van der Waals surface area contributed by atoms with Crippen LogP contribution in [0.3, 0.4) is 0 Å². The molecule has 0 aliphatic carbocycles. The number of aromatic nitrogens is 2. The van der Waals surface area contributed by atoms with Crippen molar-refractivity contribution in [3.63, 3.8) is 0 Å². The fourth-order valence-electron chi connectivity index (χ4n) is 4.39. The number of carbonyl (C=O) groups is 2. The smallest absolute Gasteiger partial charge is 0.322 e. The van der Waals surface area contributed by atoms with E-state index >= 15 is 0 Å². The molecule has 9 nitrogen and oxygen atoms in total. The number of anilines is 1. The molecule has 0 saturated heterocycles. The third-order valence-electron chi connectivity index (χ3n) is 6.26. The molecule has 11 heteroatoms. The minimum absolute atomic E-state index is 0.0883. The van der Waals surface area contributed by atoms with Gasteiger partial charge in [0, 0.05) is 44.6 Å². The van der Waals surface area contributed by atoms with E-state index in [1.54, 1.807) is 16.6 Å². The van der Waals surface area contributed by atoms with Crippen molar-refractivity contribution in [2.45, 2.75) is 39.0 Å². The van der Waals surface area contributed by atoms with Gasteiger partial charge in [-0.3, -0.25) is 9.48 Å². The second-order valence-electron chi connectivity index (χ2n) is 8.37. The molecule has 0 saturated carbocycles. The monoisotopic (exact) mass is 458 g/mol. The van der Waals surface area contributed by atoms with Crippen LogP contribution in [0.15, 0.2) is 12.1 Å². The van der Waals surface area contributed by atoms with Gasteiger partial charge in [0.1, 0.15) is 23.1 Å². The maximum Gasteiger partial charge on any atom is 0.322 e. The molecule has 4 rings (SSSR count). The zero-order chi connectivity index (χ0) is 23.9. The molecule has 2 N–H and O–H groups in total.